The van der Waals surface area contributed by atoms with Crippen LogP contribution in [0, 0.1) is 17.2 Å². The first-order chi connectivity index (χ1) is 7.16. The van der Waals surface area contributed by atoms with Crippen molar-refractivity contribution >= 4 is 5.91 Å². The minimum absolute atomic E-state index is 0.0195. The van der Waals surface area contributed by atoms with Gasteiger partial charge < -0.3 is 10.2 Å². The fourth-order valence-electron chi connectivity index (χ4n) is 1.42. The van der Waals surface area contributed by atoms with Crippen molar-refractivity contribution < 1.29 is 4.79 Å². The molecule has 1 rings (SSSR count). The smallest absolute Gasteiger partial charge is 0.226 e. The molecule has 1 aliphatic heterocycles. The maximum absolute atomic E-state index is 11.6. The summed E-state index contributed by atoms with van der Waals surface area (Å²) in [6, 6.07) is 1.84. The van der Waals surface area contributed by atoms with Crippen molar-refractivity contribution in [3.05, 3.63) is 0 Å². The van der Waals surface area contributed by atoms with Crippen molar-refractivity contribution in [1.29, 1.82) is 5.26 Å². The molecular formula is C11H21N3O. The number of piperazine rings is 1. The lowest BCUT2D eigenvalue weighted by Crippen LogP contribution is -2.54. The van der Waals surface area contributed by atoms with Gasteiger partial charge in [-0.05, 0) is 0 Å². The summed E-state index contributed by atoms with van der Waals surface area (Å²) in [6.45, 7) is 9.75. The van der Waals surface area contributed by atoms with Crippen LogP contribution in [0.15, 0.2) is 0 Å². The molecule has 0 bridgehead atoms. The van der Waals surface area contributed by atoms with Crippen molar-refractivity contribution in [2.24, 2.45) is 5.92 Å². The predicted octanol–water partition coefficient (Wildman–Crippen LogP) is 0.993. The minimum Gasteiger partial charge on any atom is -0.324 e. The van der Waals surface area contributed by atoms with Gasteiger partial charge in [-0.3, -0.25) is 4.79 Å². The Bertz CT molecular complexity index is 232. The molecule has 4 heteroatoms. The Labute approximate surface area is 92.3 Å². The highest BCUT2D eigenvalue weighted by Crippen LogP contribution is 2.07. The van der Waals surface area contributed by atoms with E-state index in [0.29, 0.717) is 13.1 Å². The van der Waals surface area contributed by atoms with Crippen LogP contribution in [0.3, 0.4) is 0 Å². The molecule has 1 unspecified atom stereocenters. The van der Waals surface area contributed by atoms with Crippen LogP contribution in [0.4, 0.5) is 0 Å². The third-order valence-corrected chi connectivity index (χ3v) is 2.17. The Kier molecular flexibility index (Phi) is 6.72. The number of amides is 1. The molecule has 1 amide bonds. The summed E-state index contributed by atoms with van der Waals surface area (Å²) in [5, 5.41) is 11.9. The lowest BCUT2D eigenvalue weighted by molar-refractivity contribution is -0.136. The highest BCUT2D eigenvalue weighted by atomic mass is 16.2. The zero-order chi connectivity index (χ0) is 11.8. The van der Waals surface area contributed by atoms with Crippen molar-refractivity contribution in [3.63, 3.8) is 0 Å². The van der Waals surface area contributed by atoms with Gasteiger partial charge in [0.2, 0.25) is 5.91 Å². The lowest BCUT2D eigenvalue weighted by Gasteiger charge is -2.33. The molecule has 4 nitrogen and oxygen atoms in total. The van der Waals surface area contributed by atoms with Crippen LogP contribution in [-0.2, 0) is 4.79 Å². The number of carbonyl (C=O) groups excluding carboxylic acids is 1. The number of hydrogen-bond acceptors (Lipinski definition) is 3. The summed E-state index contributed by atoms with van der Waals surface area (Å²) in [4.78, 5) is 13.3. The largest absolute Gasteiger partial charge is 0.324 e. The molecule has 1 heterocycles. The van der Waals surface area contributed by atoms with E-state index < -0.39 is 0 Å². The minimum atomic E-state index is -0.288. The van der Waals surface area contributed by atoms with Crippen molar-refractivity contribution in [1.82, 2.24) is 10.2 Å². The van der Waals surface area contributed by atoms with Crippen LogP contribution in [0.5, 0.6) is 0 Å². The molecule has 1 saturated heterocycles. The van der Waals surface area contributed by atoms with E-state index in [1.165, 1.54) is 0 Å². The lowest BCUT2D eigenvalue weighted by atomic mass is 10.1. The predicted molar refractivity (Wildman–Crippen MR) is 60.2 cm³/mol. The third kappa shape index (κ3) is 3.88. The second-order valence-corrected chi connectivity index (χ2v) is 3.54. The van der Waals surface area contributed by atoms with Gasteiger partial charge >= 0.3 is 0 Å². The molecule has 0 radical (unpaired) electrons. The molecule has 0 saturated carbocycles. The van der Waals surface area contributed by atoms with E-state index in [-0.39, 0.29) is 17.9 Å². The average molecular weight is 211 g/mol. The van der Waals surface area contributed by atoms with Gasteiger partial charge in [-0.25, -0.2) is 0 Å². The normalized spacial score (nSPS) is 20.3. The SMILES string of the molecule is CC.CC(C)C(=O)N1CCNCC1C#N. The molecule has 1 atom stereocenters. The van der Waals surface area contributed by atoms with E-state index in [1.54, 1.807) is 4.90 Å². The van der Waals surface area contributed by atoms with E-state index in [2.05, 4.69) is 11.4 Å². The molecule has 0 aromatic heterocycles. The zero-order valence-corrected chi connectivity index (χ0v) is 10.1. The summed E-state index contributed by atoms with van der Waals surface area (Å²) in [5.74, 6) is 0.0574. The zero-order valence-electron chi connectivity index (χ0n) is 10.1. The summed E-state index contributed by atoms with van der Waals surface area (Å²) in [7, 11) is 0. The number of nitrogens with one attached hydrogen (secondary N) is 1. The molecule has 1 aliphatic rings. The molecular weight excluding hydrogens is 190 g/mol. The van der Waals surface area contributed by atoms with Gasteiger partial charge in [0.05, 0.1) is 6.07 Å². The van der Waals surface area contributed by atoms with Gasteiger partial charge in [0.15, 0.2) is 0 Å². The van der Waals surface area contributed by atoms with Crippen molar-refractivity contribution in [3.8, 4) is 6.07 Å². The maximum atomic E-state index is 11.6. The molecule has 15 heavy (non-hydrogen) atoms. The highest BCUT2D eigenvalue weighted by molar-refractivity contribution is 5.78. The van der Waals surface area contributed by atoms with E-state index in [0.717, 1.165) is 6.54 Å². The Balaban J connectivity index is 0.000000921. The first kappa shape index (κ1) is 13.9. The monoisotopic (exact) mass is 211 g/mol. The number of nitrogens with zero attached hydrogens (tertiary/aromatic N) is 2. The Morgan fingerprint density at radius 1 is 1.53 bits per heavy atom. The van der Waals surface area contributed by atoms with E-state index >= 15 is 0 Å². The van der Waals surface area contributed by atoms with Gasteiger partial charge in [0.1, 0.15) is 6.04 Å². The molecule has 1 N–H and O–H groups in total. The maximum Gasteiger partial charge on any atom is 0.226 e. The number of rotatable bonds is 1. The molecule has 0 aromatic carbocycles. The summed E-state index contributed by atoms with van der Waals surface area (Å²) < 4.78 is 0. The molecule has 0 aliphatic carbocycles. The van der Waals surface area contributed by atoms with Crippen molar-refractivity contribution in [2.75, 3.05) is 19.6 Å². The third-order valence-electron chi connectivity index (χ3n) is 2.17. The van der Waals surface area contributed by atoms with Crippen LogP contribution >= 0.6 is 0 Å². The first-order valence-corrected chi connectivity index (χ1v) is 5.57. The van der Waals surface area contributed by atoms with Gasteiger partial charge in [0, 0.05) is 25.6 Å². The molecule has 86 valence electrons. The number of nitriles is 1. The number of carbonyl (C=O) groups is 1. The second-order valence-electron chi connectivity index (χ2n) is 3.54. The average Bonchev–Trinajstić information content (AvgIpc) is 2.30. The van der Waals surface area contributed by atoms with E-state index in [1.807, 2.05) is 27.7 Å². The van der Waals surface area contributed by atoms with Gasteiger partial charge in [-0.1, -0.05) is 27.7 Å². The van der Waals surface area contributed by atoms with Crippen LogP contribution in [-0.4, -0.2) is 36.5 Å². The Morgan fingerprint density at radius 3 is 2.60 bits per heavy atom. The fourth-order valence-corrected chi connectivity index (χ4v) is 1.42. The second kappa shape index (κ2) is 7.24. The van der Waals surface area contributed by atoms with Crippen LogP contribution in [0.25, 0.3) is 0 Å². The summed E-state index contributed by atoms with van der Waals surface area (Å²) in [5.41, 5.74) is 0. The molecule has 0 aromatic rings. The molecule has 0 spiro atoms. The quantitative estimate of drug-likeness (QED) is 0.703. The fraction of sp³-hybridized carbons (Fsp3) is 0.818. The van der Waals surface area contributed by atoms with Crippen LogP contribution < -0.4 is 5.32 Å². The van der Waals surface area contributed by atoms with Gasteiger partial charge in [-0.15, -0.1) is 0 Å². The number of hydrogen-bond donors (Lipinski definition) is 1. The summed E-state index contributed by atoms with van der Waals surface area (Å²) >= 11 is 0. The standard InChI is InChI=1S/C9H15N3O.C2H6/c1-7(2)9(13)12-4-3-11-6-8(12)5-10;1-2/h7-8,11H,3-4,6H2,1-2H3;1-2H3. The highest BCUT2D eigenvalue weighted by Gasteiger charge is 2.27. The van der Waals surface area contributed by atoms with Crippen LogP contribution in [0.1, 0.15) is 27.7 Å². The van der Waals surface area contributed by atoms with Crippen LogP contribution in [0.2, 0.25) is 0 Å². The first-order valence-electron chi connectivity index (χ1n) is 5.57. The molecule has 1 fully saturated rings. The van der Waals surface area contributed by atoms with Crippen molar-refractivity contribution in [2.45, 2.75) is 33.7 Å². The van der Waals surface area contributed by atoms with Gasteiger partial charge in [0.25, 0.3) is 0 Å². The summed E-state index contributed by atoms with van der Waals surface area (Å²) in [6.07, 6.45) is 0. The van der Waals surface area contributed by atoms with E-state index in [4.69, 9.17) is 5.26 Å². The Hall–Kier alpha value is -1.08. The van der Waals surface area contributed by atoms with Gasteiger partial charge in [-0.2, -0.15) is 5.26 Å². The Morgan fingerprint density at radius 2 is 2.13 bits per heavy atom. The topological polar surface area (TPSA) is 56.1 Å². The van der Waals surface area contributed by atoms with E-state index in [9.17, 15) is 4.79 Å².